The molecule has 1 saturated heterocycles. The molecule has 128 valence electrons. The van der Waals surface area contributed by atoms with Gasteiger partial charge in [-0.25, -0.2) is 0 Å². The summed E-state index contributed by atoms with van der Waals surface area (Å²) in [6, 6.07) is 3.69. The Labute approximate surface area is 146 Å². The van der Waals surface area contributed by atoms with E-state index in [2.05, 4.69) is 15.7 Å². The van der Waals surface area contributed by atoms with E-state index in [1.807, 2.05) is 17.0 Å². The molecule has 1 aliphatic rings. The topological polar surface area (TPSA) is 75.3 Å². The van der Waals surface area contributed by atoms with Crippen molar-refractivity contribution in [2.24, 2.45) is 7.05 Å². The van der Waals surface area contributed by atoms with Gasteiger partial charge >= 0.3 is 0 Å². The molecule has 3 heterocycles. The highest BCUT2D eigenvalue weighted by atomic mass is 32.1. The highest BCUT2D eigenvalue weighted by molar-refractivity contribution is 7.80. The van der Waals surface area contributed by atoms with E-state index in [0.717, 1.165) is 31.7 Å². The molecule has 8 heteroatoms. The molecule has 1 amide bonds. The molecule has 0 aromatic carbocycles. The minimum Gasteiger partial charge on any atom is -0.467 e. The van der Waals surface area contributed by atoms with Crippen LogP contribution in [0.25, 0.3) is 0 Å². The van der Waals surface area contributed by atoms with Crippen molar-refractivity contribution >= 4 is 28.9 Å². The zero-order valence-electron chi connectivity index (χ0n) is 13.6. The van der Waals surface area contributed by atoms with Gasteiger partial charge < -0.3 is 20.0 Å². The van der Waals surface area contributed by atoms with Gasteiger partial charge in [0.25, 0.3) is 5.91 Å². The van der Waals surface area contributed by atoms with E-state index in [1.54, 1.807) is 24.2 Å². The Hall–Kier alpha value is -2.35. The minimum atomic E-state index is -0.00830. The van der Waals surface area contributed by atoms with Crippen LogP contribution in [0.1, 0.15) is 35.5 Å². The van der Waals surface area contributed by atoms with Crippen LogP contribution in [0.15, 0.2) is 29.0 Å². The number of aromatic nitrogens is 2. The maximum absolute atomic E-state index is 12.8. The third-order valence-corrected chi connectivity index (χ3v) is 4.28. The second-order valence-electron chi connectivity index (χ2n) is 5.77. The first-order chi connectivity index (χ1) is 11.6. The van der Waals surface area contributed by atoms with Crippen LogP contribution in [0.4, 0.5) is 5.69 Å². The van der Waals surface area contributed by atoms with Gasteiger partial charge in [0, 0.05) is 20.1 Å². The van der Waals surface area contributed by atoms with E-state index in [0.29, 0.717) is 23.0 Å². The smallest absolute Gasteiger partial charge is 0.274 e. The number of aryl methyl sites for hydroxylation is 1. The Bertz CT molecular complexity index is 704. The molecular weight excluding hydrogens is 326 g/mol. The van der Waals surface area contributed by atoms with Crippen molar-refractivity contribution in [3.8, 4) is 0 Å². The molecule has 0 radical (unpaired) electrons. The summed E-state index contributed by atoms with van der Waals surface area (Å²) in [7, 11) is 1.77. The van der Waals surface area contributed by atoms with Crippen LogP contribution in [-0.4, -0.2) is 38.8 Å². The number of anilines is 1. The molecule has 0 atom stereocenters. The Morgan fingerprint density at radius 1 is 1.38 bits per heavy atom. The summed E-state index contributed by atoms with van der Waals surface area (Å²) in [5.74, 6) is 0.779. The average molecular weight is 347 g/mol. The lowest BCUT2D eigenvalue weighted by molar-refractivity contribution is 0.0714. The predicted molar refractivity (Wildman–Crippen MR) is 94.7 cm³/mol. The van der Waals surface area contributed by atoms with Crippen molar-refractivity contribution in [3.05, 3.63) is 36.0 Å². The van der Waals surface area contributed by atoms with Gasteiger partial charge in [-0.15, -0.1) is 0 Å². The van der Waals surface area contributed by atoms with E-state index in [9.17, 15) is 4.79 Å². The first-order valence-corrected chi connectivity index (χ1v) is 8.44. The molecule has 24 heavy (non-hydrogen) atoms. The van der Waals surface area contributed by atoms with Crippen LogP contribution in [0.3, 0.4) is 0 Å². The number of rotatable bonds is 4. The van der Waals surface area contributed by atoms with E-state index in [1.165, 1.54) is 6.42 Å². The second kappa shape index (κ2) is 7.48. The molecule has 3 rings (SSSR count). The van der Waals surface area contributed by atoms with Crippen molar-refractivity contribution in [3.63, 3.8) is 0 Å². The number of hydrogen-bond acceptors (Lipinski definition) is 4. The molecular formula is C16H21N5O2S. The fourth-order valence-electron chi connectivity index (χ4n) is 2.78. The Kier molecular flexibility index (Phi) is 5.14. The maximum atomic E-state index is 12.8. The molecule has 0 bridgehead atoms. The summed E-state index contributed by atoms with van der Waals surface area (Å²) in [5, 5.41) is 10.7. The molecule has 2 aromatic heterocycles. The number of nitrogens with zero attached hydrogens (tertiary/aromatic N) is 3. The van der Waals surface area contributed by atoms with Crippen LogP contribution >= 0.6 is 12.2 Å². The van der Waals surface area contributed by atoms with Crippen molar-refractivity contribution in [2.75, 3.05) is 18.4 Å². The Morgan fingerprint density at radius 2 is 2.17 bits per heavy atom. The monoisotopic (exact) mass is 347 g/mol. The molecule has 2 N–H and O–H groups in total. The van der Waals surface area contributed by atoms with Crippen molar-refractivity contribution in [2.45, 2.75) is 25.8 Å². The van der Waals surface area contributed by atoms with Gasteiger partial charge in [-0.3, -0.25) is 9.48 Å². The van der Waals surface area contributed by atoms with Gasteiger partial charge in [0.05, 0.1) is 24.7 Å². The lowest BCUT2D eigenvalue weighted by atomic mass is 10.1. The SMILES string of the molecule is Cn1ncc(NC(=S)NCc2ccco2)c1C(=O)N1CCCCC1. The van der Waals surface area contributed by atoms with Gasteiger partial charge in [-0.1, -0.05) is 0 Å². The molecule has 0 aliphatic carbocycles. The predicted octanol–water partition coefficient (Wildman–Crippen LogP) is 2.13. The number of carbonyl (C=O) groups is 1. The van der Waals surface area contributed by atoms with Gasteiger partial charge in [-0.2, -0.15) is 5.10 Å². The van der Waals surface area contributed by atoms with Gasteiger partial charge in [0.2, 0.25) is 0 Å². The van der Waals surface area contributed by atoms with Crippen molar-refractivity contribution < 1.29 is 9.21 Å². The fraction of sp³-hybridized carbons (Fsp3) is 0.438. The number of amides is 1. The Balaban J connectivity index is 1.65. The molecule has 1 aliphatic heterocycles. The number of carbonyl (C=O) groups excluding carboxylic acids is 1. The standard InChI is InChI=1S/C16H21N5O2S/c1-20-14(15(22)21-7-3-2-4-8-21)13(11-18-20)19-16(24)17-10-12-6-5-9-23-12/h5-6,9,11H,2-4,7-8,10H2,1H3,(H2,17,19,24). The summed E-state index contributed by atoms with van der Waals surface area (Å²) in [6.45, 7) is 2.07. The average Bonchev–Trinajstić information content (AvgIpc) is 3.23. The van der Waals surface area contributed by atoms with E-state index >= 15 is 0 Å². The number of piperidine rings is 1. The van der Waals surface area contributed by atoms with E-state index < -0.39 is 0 Å². The van der Waals surface area contributed by atoms with Crippen LogP contribution in [0, 0.1) is 0 Å². The minimum absolute atomic E-state index is 0.00830. The largest absolute Gasteiger partial charge is 0.467 e. The lowest BCUT2D eigenvalue weighted by Crippen LogP contribution is -2.37. The maximum Gasteiger partial charge on any atom is 0.274 e. The van der Waals surface area contributed by atoms with E-state index in [-0.39, 0.29) is 5.91 Å². The third-order valence-electron chi connectivity index (χ3n) is 4.04. The lowest BCUT2D eigenvalue weighted by Gasteiger charge is -2.27. The summed E-state index contributed by atoms with van der Waals surface area (Å²) >= 11 is 5.30. The first-order valence-electron chi connectivity index (χ1n) is 8.03. The number of hydrogen-bond donors (Lipinski definition) is 2. The zero-order valence-corrected chi connectivity index (χ0v) is 14.4. The number of nitrogens with one attached hydrogen (secondary N) is 2. The zero-order chi connectivity index (χ0) is 16.9. The number of likely N-dealkylation sites (tertiary alicyclic amines) is 1. The molecule has 7 nitrogen and oxygen atoms in total. The van der Waals surface area contributed by atoms with Gasteiger partial charge in [0.1, 0.15) is 11.5 Å². The molecule has 0 spiro atoms. The quantitative estimate of drug-likeness (QED) is 0.825. The number of furan rings is 1. The third kappa shape index (κ3) is 3.76. The molecule has 0 saturated carbocycles. The fourth-order valence-corrected chi connectivity index (χ4v) is 2.96. The number of thiocarbonyl (C=S) groups is 1. The normalized spacial score (nSPS) is 14.5. The van der Waals surface area contributed by atoms with E-state index in [4.69, 9.17) is 16.6 Å². The van der Waals surface area contributed by atoms with Gasteiger partial charge in [0.15, 0.2) is 5.11 Å². The van der Waals surface area contributed by atoms with Gasteiger partial charge in [-0.05, 0) is 43.6 Å². The van der Waals surface area contributed by atoms with Crippen LogP contribution in [0.5, 0.6) is 0 Å². The molecule has 2 aromatic rings. The van der Waals surface area contributed by atoms with Crippen molar-refractivity contribution in [1.82, 2.24) is 20.0 Å². The molecule has 0 unspecified atom stereocenters. The summed E-state index contributed by atoms with van der Waals surface area (Å²) in [6.07, 6.45) is 6.52. The first kappa shape index (κ1) is 16.5. The van der Waals surface area contributed by atoms with Crippen LogP contribution < -0.4 is 10.6 Å². The molecule has 1 fully saturated rings. The van der Waals surface area contributed by atoms with Crippen LogP contribution in [0.2, 0.25) is 0 Å². The van der Waals surface area contributed by atoms with Crippen LogP contribution in [-0.2, 0) is 13.6 Å². The highest BCUT2D eigenvalue weighted by Gasteiger charge is 2.24. The summed E-state index contributed by atoms with van der Waals surface area (Å²) in [5.41, 5.74) is 1.14. The second-order valence-corrected chi connectivity index (χ2v) is 6.18. The highest BCUT2D eigenvalue weighted by Crippen LogP contribution is 2.19. The summed E-state index contributed by atoms with van der Waals surface area (Å²) < 4.78 is 6.84. The Morgan fingerprint density at radius 3 is 2.88 bits per heavy atom. The van der Waals surface area contributed by atoms with Crippen molar-refractivity contribution in [1.29, 1.82) is 0 Å². The summed E-state index contributed by atoms with van der Waals surface area (Å²) in [4.78, 5) is 14.7.